The number of carboxylic acids is 1. The molecule has 2 N–H and O–H groups in total. The molecule has 0 saturated heterocycles. The fourth-order valence-electron chi connectivity index (χ4n) is 13.0. The van der Waals surface area contributed by atoms with Gasteiger partial charge in [0.15, 0.2) is 0 Å². The molecule has 3 atom stereocenters. The molecule has 2 aromatic carbocycles. The van der Waals surface area contributed by atoms with Gasteiger partial charge in [0.2, 0.25) is 7.37 Å². The number of carbonyl (C=O) groups excluding carboxylic acids is 2. The maximum Gasteiger partial charge on any atom is 0.407 e. The van der Waals surface area contributed by atoms with Crippen molar-refractivity contribution < 1.29 is 38.1 Å². The summed E-state index contributed by atoms with van der Waals surface area (Å²) in [5, 5.41) is 13.0. The number of ether oxygens (including phenoxy) is 2. The Morgan fingerprint density at radius 3 is 1.74 bits per heavy atom. The molecule has 9 aliphatic rings. The lowest BCUT2D eigenvalue weighted by Crippen LogP contribution is -2.53. The third-order valence-corrected chi connectivity index (χ3v) is 17.4. The van der Waals surface area contributed by atoms with Gasteiger partial charge in [-0.25, -0.2) is 4.79 Å². The quantitative estimate of drug-likeness (QED) is 0.154. The van der Waals surface area contributed by atoms with Gasteiger partial charge in [-0.2, -0.15) is 0 Å². The first-order valence-electron chi connectivity index (χ1n) is 20.3. The molecule has 8 saturated carbocycles. The van der Waals surface area contributed by atoms with Gasteiger partial charge in [0.1, 0.15) is 18.0 Å². The Hall–Kier alpha value is -3.16. The van der Waals surface area contributed by atoms with Crippen LogP contribution in [-0.2, 0) is 28.2 Å². The van der Waals surface area contributed by atoms with Gasteiger partial charge >= 0.3 is 18.0 Å². The Balaban J connectivity index is 0.962. The number of esters is 1. The van der Waals surface area contributed by atoms with E-state index in [0.29, 0.717) is 35.5 Å². The number of nitrogens with one attached hydrogen (secondary N) is 1. The second kappa shape index (κ2) is 13.5. The Labute approximate surface area is 312 Å². The van der Waals surface area contributed by atoms with Gasteiger partial charge in [0.25, 0.3) is 0 Å². The molecule has 0 aromatic heterocycles. The molecular weight excluding hydrogens is 689 g/mol. The van der Waals surface area contributed by atoms with Crippen molar-refractivity contribution in [1.29, 1.82) is 0 Å². The van der Waals surface area contributed by atoms with Crippen molar-refractivity contribution in [3.63, 3.8) is 0 Å². The lowest BCUT2D eigenvalue weighted by molar-refractivity contribution is -0.186. The lowest BCUT2D eigenvalue weighted by atomic mass is 9.54. The van der Waals surface area contributed by atoms with Crippen LogP contribution in [0.25, 0.3) is 11.1 Å². The Morgan fingerprint density at radius 2 is 1.25 bits per heavy atom. The molecule has 0 spiro atoms. The second-order valence-corrected chi connectivity index (χ2v) is 21.1. The summed E-state index contributed by atoms with van der Waals surface area (Å²) in [6.07, 6.45) is 11.3. The van der Waals surface area contributed by atoms with Crippen molar-refractivity contribution in [2.24, 2.45) is 41.4 Å². The minimum absolute atomic E-state index is 0.0192. The number of carbonyl (C=O) groups is 3. The van der Waals surface area contributed by atoms with E-state index in [1.54, 1.807) is 6.92 Å². The number of hydrogen-bond acceptors (Lipinski definition) is 7. The van der Waals surface area contributed by atoms with Crippen molar-refractivity contribution in [2.45, 2.75) is 120 Å². The normalized spacial score (nSPS) is 35.2. The highest BCUT2D eigenvalue weighted by molar-refractivity contribution is 7.59. The Bertz CT molecular complexity index is 1710. The molecule has 53 heavy (non-hydrogen) atoms. The van der Waals surface area contributed by atoms with E-state index in [1.807, 2.05) is 24.3 Å². The molecule has 0 heterocycles. The van der Waals surface area contributed by atoms with Crippen LogP contribution in [0.5, 0.6) is 0 Å². The summed E-state index contributed by atoms with van der Waals surface area (Å²) in [7, 11) is -3.92. The minimum atomic E-state index is -3.92. The van der Waals surface area contributed by atoms with Gasteiger partial charge in [0, 0.05) is 18.5 Å². The highest BCUT2D eigenvalue weighted by Crippen LogP contribution is 2.65. The van der Waals surface area contributed by atoms with E-state index >= 15 is 4.57 Å². The molecule has 0 aliphatic heterocycles. The number of carboxylic acid groups (broad SMARTS) is 1. The average Bonchev–Trinajstić information content (AvgIpc) is 3.40. The topological polar surface area (TPSA) is 128 Å². The summed E-state index contributed by atoms with van der Waals surface area (Å²) < 4.78 is 34.8. The van der Waals surface area contributed by atoms with Gasteiger partial charge in [-0.15, -0.1) is 0 Å². The maximum atomic E-state index is 15.6. The number of alkyl carbamates (subject to hydrolysis) is 1. The molecule has 8 fully saturated rings. The fourth-order valence-corrected chi connectivity index (χ4v) is 16.1. The zero-order chi connectivity index (χ0) is 36.5. The summed E-state index contributed by atoms with van der Waals surface area (Å²) >= 11 is 0. The summed E-state index contributed by atoms with van der Waals surface area (Å²) in [6, 6.07) is 16.2. The van der Waals surface area contributed by atoms with E-state index in [4.69, 9.17) is 14.0 Å². The average molecular weight is 744 g/mol. The Kier molecular flexibility index (Phi) is 9.08. The molecule has 1 amide bonds. The van der Waals surface area contributed by atoms with Crippen LogP contribution in [0.3, 0.4) is 0 Å². The highest BCUT2D eigenvalue weighted by Gasteiger charge is 2.56. The molecule has 11 rings (SSSR count). The molecule has 10 heteroatoms. The number of amides is 1. The minimum Gasteiger partial charge on any atom is -0.481 e. The van der Waals surface area contributed by atoms with Crippen LogP contribution in [0.1, 0.15) is 114 Å². The number of benzene rings is 2. The van der Waals surface area contributed by atoms with Crippen molar-refractivity contribution in [1.82, 2.24) is 5.32 Å². The van der Waals surface area contributed by atoms with Gasteiger partial charge < -0.3 is 24.4 Å². The molecular formula is C43H54NO8P. The maximum absolute atomic E-state index is 15.6. The number of hydrogen-bond donors (Lipinski definition) is 2. The van der Waals surface area contributed by atoms with E-state index in [-0.39, 0.29) is 37.5 Å². The highest BCUT2D eigenvalue weighted by atomic mass is 31.2. The van der Waals surface area contributed by atoms with Crippen LogP contribution in [0, 0.1) is 41.4 Å². The van der Waals surface area contributed by atoms with Crippen LogP contribution in [0.4, 0.5) is 4.79 Å². The van der Waals surface area contributed by atoms with Crippen LogP contribution in [-0.4, -0.2) is 52.9 Å². The van der Waals surface area contributed by atoms with Crippen LogP contribution >= 0.6 is 7.37 Å². The summed E-state index contributed by atoms with van der Waals surface area (Å²) in [5.41, 5.74) is 3.36. The zero-order valence-electron chi connectivity index (χ0n) is 30.9. The Morgan fingerprint density at radius 1 is 0.774 bits per heavy atom. The summed E-state index contributed by atoms with van der Waals surface area (Å²) in [5.74, 6) is -0.280. The third-order valence-electron chi connectivity index (χ3n) is 14.3. The van der Waals surface area contributed by atoms with Crippen LogP contribution in [0.15, 0.2) is 48.5 Å². The molecule has 0 radical (unpaired) electrons. The molecule has 9 nitrogen and oxygen atoms in total. The van der Waals surface area contributed by atoms with Gasteiger partial charge in [-0.3, -0.25) is 14.2 Å². The number of rotatable bonds is 13. The molecule has 3 unspecified atom stereocenters. The molecule has 9 aliphatic carbocycles. The molecule has 284 valence electrons. The van der Waals surface area contributed by atoms with Crippen LogP contribution < -0.4 is 5.32 Å². The third kappa shape index (κ3) is 6.88. The first-order valence-corrected chi connectivity index (χ1v) is 22.2. The van der Waals surface area contributed by atoms with Crippen molar-refractivity contribution >= 4 is 25.4 Å². The van der Waals surface area contributed by atoms with Gasteiger partial charge in [0.05, 0.1) is 11.5 Å². The van der Waals surface area contributed by atoms with E-state index in [2.05, 4.69) is 29.6 Å². The largest absolute Gasteiger partial charge is 0.481 e. The van der Waals surface area contributed by atoms with E-state index < -0.39 is 42.3 Å². The van der Waals surface area contributed by atoms with Crippen molar-refractivity contribution in [3.8, 4) is 11.1 Å². The lowest BCUT2D eigenvalue weighted by Gasteiger charge is -2.57. The standard InChI is InChI=1S/C43H54NO8P/c1-26(40(46)47)25-53(49,52-43-21-30-15-31(22-43)17-32(16-30)23-43)38(10-11-39(45)51-42-18-27-12-28(19-42)14-29(13-27)20-42)44-41(48)50-24-37-35-8-4-2-6-33(35)34-7-3-5-9-36(34)37/h2-9,26-32,37-38H,10-25H2,1H3,(H,44,48)(H,46,47). The predicted molar refractivity (Wildman–Crippen MR) is 199 cm³/mol. The smallest absolute Gasteiger partial charge is 0.407 e. The first kappa shape index (κ1) is 35.5. The SMILES string of the molecule is CC(CP(=O)(OC12CC3CC(CC(C3)C1)C2)C(CCC(=O)OC12CC3CC(CC(C3)C1)C2)NC(=O)OCC1c2ccccc2-c2ccccc21)C(=O)O. The zero-order valence-corrected chi connectivity index (χ0v) is 31.8. The van der Waals surface area contributed by atoms with Gasteiger partial charge in [-0.1, -0.05) is 55.5 Å². The monoisotopic (exact) mass is 743 g/mol. The van der Waals surface area contributed by atoms with Crippen LogP contribution in [0.2, 0.25) is 0 Å². The predicted octanol–water partition coefficient (Wildman–Crippen LogP) is 9.13. The van der Waals surface area contributed by atoms with Gasteiger partial charge in [-0.05, 0) is 141 Å². The summed E-state index contributed by atoms with van der Waals surface area (Å²) in [6.45, 7) is 1.62. The van der Waals surface area contributed by atoms with Crippen molar-refractivity contribution in [3.05, 3.63) is 59.7 Å². The van der Waals surface area contributed by atoms with E-state index in [1.165, 1.54) is 19.3 Å². The second-order valence-electron chi connectivity index (χ2n) is 18.4. The van der Waals surface area contributed by atoms with Crippen molar-refractivity contribution in [2.75, 3.05) is 12.8 Å². The van der Waals surface area contributed by atoms with E-state index in [9.17, 15) is 19.5 Å². The number of aliphatic carboxylic acids is 1. The van der Waals surface area contributed by atoms with E-state index in [0.717, 1.165) is 80.0 Å². The molecule has 2 aromatic rings. The fraction of sp³-hybridized carbons (Fsp3) is 0.651. The summed E-state index contributed by atoms with van der Waals surface area (Å²) in [4.78, 5) is 39.9. The number of fused-ring (bicyclic) bond motifs is 3. The molecule has 8 bridgehead atoms. The first-order chi connectivity index (χ1) is 25.5.